The zero-order valence-electron chi connectivity index (χ0n) is 23.9. The fourth-order valence-corrected chi connectivity index (χ4v) is 5.39. The first-order chi connectivity index (χ1) is 21.0. The number of halogens is 1. The van der Waals surface area contributed by atoms with Crippen LogP contribution in [0.1, 0.15) is 18.1 Å². The Morgan fingerprint density at radius 3 is 2.63 bits per heavy atom. The summed E-state index contributed by atoms with van der Waals surface area (Å²) in [6, 6.07) is 25.5. The van der Waals surface area contributed by atoms with Gasteiger partial charge < -0.3 is 29.6 Å². The molecule has 1 fully saturated rings. The van der Waals surface area contributed by atoms with E-state index in [9.17, 15) is 5.26 Å². The Morgan fingerprint density at radius 2 is 1.88 bits per heavy atom. The third kappa shape index (κ3) is 6.30. The maximum Gasteiger partial charge on any atom is 0.162 e. The maximum absolute atomic E-state index is 9.95. The van der Waals surface area contributed by atoms with E-state index in [0.717, 1.165) is 46.0 Å². The van der Waals surface area contributed by atoms with Crippen molar-refractivity contribution in [2.24, 2.45) is 0 Å². The van der Waals surface area contributed by atoms with Gasteiger partial charge in [-0.05, 0) is 65.7 Å². The van der Waals surface area contributed by atoms with Gasteiger partial charge in [0, 0.05) is 30.4 Å². The minimum Gasteiger partial charge on any atom is -0.493 e. The lowest BCUT2D eigenvalue weighted by molar-refractivity contribution is -0.0355. The highest BCUT2D eigenvalue weighted by Crippen LogP contribution is 2.38. The average Bonchev–Trinajstić information content (AvgIpc) is 3.04. The summed E-state index contributed by atoms with van der Waals surface area (Å²) in [5.41, 5.74) is 3.54. The normalized spacial score (nSPS) is 15.5. The molecule has 2 heterocycles. The second kappa shape index (κ2) is 12.8. The quantitative estimate of drug-likeness (QED) is 0.176. The standard InChI is InChI=1S/C34H31ClN4O4/c1-21(33-19-37-10-11-41-33)43-32-15-23-12-27-29(13-24(23)14-31(32)40-2)38-18-25(17-36)34(27)39-26-8-9-30(28(35)16-26)42-20-22-6-4-3-5-7-22/h3-9,12-16,18,21,33,37H,10-11,19-20H2,1-2H3,(H,38,39). The van der Waals surface area contributed by atoms with E-state index in [2.05, 4.69) is 21.7 Å². The average molecular weight is 595 g/mol. The molecule has 9 heteroatoms. The number of pyridine rings is 1. The summed E-state index contributed by atoms with van der Waals surface area (Å²) in [6.07, 6.45) is 1.32. The summed E-state index contributed by atoms with van der Waals surface area (Å²) >= 11 is 6.59. The molecule has 2 N–H and O–H groups in total. The molecule has 2 atom stereocenters. The number of hydrogen-bond donors (Lipinski definition) is 2. The summed E-state index contributed by atoms with van der Waals surface area (Å²) < 4.78 is 23.8. The van der Waals surface area contributed by atoms with Crippen LogP contribution in [-0.2, 0) is 11.3 Å². The summed E-state index contributed by atoms with van der Waals surface area (Å²) in [5, 5.41) is 19.8. The Labute approximate surface area is 255 Å². The molecule has 0 amide bonds. The third-order valence-electron chi connectivity index (χ3n) is 7.46. The van der Waals surface area contributed by atoms with Gasteiger partial charge in [0.25, 0.3) is 0 Å². The zero-order chi connectivity index (χ0) is 29.8. The number of rotatable bonds is 9. The summed E-state index contributed by atoms with van der Waals surface area (Å²) in [7, 11) is 1.63. The number of nitriles is 1. The second-order valence-electron chi connectivity index (χ2n) is 10.4. The lowest BCUT2D eigenvalue weighted by Crippen LogP contribution is -2.46. The van der Waals surface area contributed by atoms with E-state index in [0.29, 0.717) is 46.7 Å². The number of benzene rings is 4. The van der Waals surface area contributed by atoms with E-state index in [-0.39, 0.29) is 12.2 Å². The molecule has 218 valence electrons. The van der Waals surface area contributed by atoms with Crippen LogP contribution < -0.4 is 24.8 Å². The number of nitrogens with one attached hydrogen (secondary N) is 2. The first-order valence-corrected chi connectivity index (χ1v) is 14.5. The number of morpholine rings is 1. The molecule has 1 saturated heterocycles. The van der Waals surface area contributed by atoms with Crippen LogP contribution in [0.15, 0.2) is 79.0 Å². The Morgan fingerprint density at radius 1 is 1.07 bits per heavy atom. The molecule has 0 spiro atoms. The van der Waals surface area contributed by atoms with Crippen molar-refractivity contribution in [2.45, 2.75) is 25.7 Å². The van der Waals surface area contributed by atoms with E-state index in [4.69, 9.17) is 30.5 Å². The molecule has 0 radical (unpaired) electrons. The molecule has 0 bridgehead atoms. The molecular weight excluding hydrogens is 564 g/mol. The number of hydrogen-bond acceptors (Lipinski definition) is 8. The first kappa shape index (κ1) is 28.6. The summed E-state index contributed by atoms with van der Waals surface area (Å²) in [5.74, 6) is 1.82. The van der Waals surface area contributed by atoms with Gasteiger partial charge in [-0.25, -0.2) is 0 Å². The number of aromatic nitrogens is 1. The minimum atomic E-state index is -0.187. The van der Waals surface area contributed by atoms with Crippen LogP contribution in [0.2, 0.25) is 5.02 Å². The highest BCUT2D eigenvalue weighted by atomic mass is 35.5. The Hall–Kier alpha value is -4.55. The number of ether oxygens (including phenoxy) is 4. The molecule has 4 aromatic carbocycles. The Bertz CT molecular complexity index is 1800. The minimum absolute atomic E-state index is 0.0640. The largest absolute Gasteiger partial charge is 0.493 e. The van der Waals surface area contributed by atoms with Crippen molar-refractivity contribution in [3.63, 3.8) is 0 Å². The van der Waals surface area contributed by atoms with Crippen LogP contribution in [0.5, 0.6) is 17.2 Å². The monoisotopic (exact) mass is 594 g/mol. The van der Waals surface area contributed by atoms with Gasteiger partial charge in [0.15, 0.2) is 11.5 Å². The van der Waals surface area contributed by atoms with Crippen molar-refractivity contribution in [2.75, 3.05) is 32.1 Å². The van der Waals surface area contributed by atoms with Crippen LogP contribution in [0.4, 0.5) is 11.4 Å². The molecule has 6 rings (SSSR count). The Balaban J connectivity index is 1.32. The molecule has 1 aromatic heterocycles. The van der Waals surface area contributed by atoms with E-state index in [1.165, 1.54) is 0 Å². The van der Waals surface area contributed by atoms with E-state index in [1.807, 2.05) is 73.7 Å². The van der Waals surface area contributed by atoms with Crippen LogP contribution in [-0.4, -0.2) is 44.0 Å². The van der Waals surface area contributed by atoms with Crippen molar-refractivity contribution < 1.29 is 18.9 Å². The fourth-order valence-electron chi connectivity index (χ4n) is 5.16. The van der Waals surface area contributed by atoms with Gasteiger partial charge in [-0.1, -0.05) is 41.9 Å². The van der Waals surface area contributed by atoms with Gasteiger partial charge in [-0.3, -0.25) is 4.98 Å². The lowest BCUT2D eigenvalue weighted by atomic mass is 10.0. The van der Waals surface area contributed by atoms with Crippen molar-refractivity contribution in [1.29, 1.82) is 5.26 Å². The highest BCUT2D eigenvalue weighted by Gasteiger charge is 2.24. The predicted octanol–water partition coefficient (Wildman–Crippen LogP) is 7.00. The summed E-state index contributed by atoms with van der Waals surface area (Å²) in [6.45, 7) is 4.62. The molecular formula is C34H31ClN4O4. The van der Waals surface area contributed by atoms with Gasteiger partial charge in [0.1, 0.15) is 30.6 Å². The number of nitrogens with zero attached hydrogens (tertiary/aromatic N) is 2. The molecule has 1 aliphatic heterocycles. The highest BCUT2D eigenvalue weighted by molar-refractivity contribution is 6.32. The van der Waals surface area contributed by atoms with Crippen LogP contribution in [0.3, 0.4) is 0 Å². The van der Waals surface area contributed by atoms with Gasteiger partial charge >= 0.3 is 0 Å². The lowest BCUT2D eigenvalue weighted by Gasteiger charge is -2.29. The number of anilines is 2. The number of fused-ring (bicyclic) bond motifs is 2. The van der Waals surface area contributed by atoms with E-state index >= 15 is 0 Å². The summed E-state index contributed by atoms with van der Waals surface area (Å²) in [4.78, 5) is 4.57. The van der Waals surface area contributed by atoms with Gasteiger partial charge in [-0.2, -0.15) is 5.26 Å². The van der Waals surface area contributed by atoms with Crippen LogP contribution in [0, 0.1) is 11.3 Å². The first-order valence-electron chi connectivity index (χ1n) is 14.1. The Kier molecular flexibility index (Phi) is 8.47. The molecule has 43 heavy (non-hydrogen) atoms. The molecule has 1 aliphatic rings. The molecule has 0 aliphatic carbocycles. The zero-order valence-corrected chi connectivity index (χ0v) is 24.6. The number of methoxy groups -OCH3 is 1. The molecule has 2 unspecified atom stereocenters. The van der Waals surface area contributed by atoms with Crippen molar-refractivity contribution in [3.05, 3.63) is 95.1 Å². The maximum atomic E-state index is 9.95. The topological polar surface area (TPSA) is 97.7 Å². The van der Waals surface area contributed by atoms with Crippen LogP contribution >= 0.6 is 11.6 Å². The molecule has 5 aromatic rings. The van der Waals surface area contributed by atoms with Gasteiger partial charge in [0.2, 0.25) is 0 Å². The predicted molar refractivity (Wildman–Crippen MR) is 169 cm³/mol. The molecule has 8 nitrogen and oxygen atoms in total. The molecule has 0 saturated carbocycles. The van der Waals surface area contributed by atoms with Gasteiger partial charge in [-0.15, -0.1) is 0 Å². The van der Waals surface area contributed by atoms with E-state index in [1.54, 1.807) is 19.4 Å². The van der Waals surface area contributed by atoms with Gasteiger partial charge in [0.05, 0.1) is 35.5 Å². The van der Waals surface area contributed by atoms with Crippen molar-refractivity contribution >= 4 is 44.7 Å². The smallest absolute Gasteiger partial charge is 0.162 e. The van der Waals surface area contributed by atoms with Crippen molar-refractivity contribution in [3.8, 4) is 23.3 Å². The van der Waals surface area contributed by atoms with E-state index < -0.39 is 0 Å². The second-order valence-corrected chi connectivity index (χ2v) is 10.8. The third-order valence-corrected chi connectivity index (χ3v) is 7.76. The van der Waals surface area contributed by atoms with Crippen LogP contribution in [0.25, 0.3) is 21.7 Å². The fraction of sp³-hybridized carbons (Fsp3) is 0.235. The SMILES string of the molecule is COc1cc2cc3ncc(C#N)c(Nc4ccc(OCc5ccccc5)c(Cl)c4)c3cc2cc1OC(C)C1CNCCO1. The van der Waals surface area contributed by atoms with Crippen molar-refractivity contribution in [1.82, 2.24) is 10.3 Å².